The molecule has 1 aromatic carbocycles. The summed E-state index contributed by atoms with van der Waals surface area (Å²) in [5.41, 5.74) is 1.76. The minimum atomic E-state index is -0.284. The Hall–Kier alpha value is -2.17. The van der Waals surface area contributed by atoms with Gasteiger partial charge in [-0.15, -0.1) is 0 Å². The number of benzene rings is 1. The Labute approximate surface area is 119 Å². The molecule has 1 heterocycles. The number of rotatable bonds is 4. The number of nitrogens with one attached hydrogen (secondary N) is 1. The van der Waals surface area contributed by atoms with Gasteiger partial charge in [0.25, 0.3) is 0 Å². The van der Waals surface area contributed by atoms with Gasteiger partial charge in [-0.25, -0.2) is 4.79 Å². The molecule has 1 N–H and O–H groups in total. The van der Waals surface area contributed by atoms with Gasteiger partial charge in [0.1, 0.15) is 17.6 Å². The summed E-state index contributed by atoms with van der Waals surface area (Å²) >= 11 is 0. The van der Waals surface area contributed by atoms with Crippen LogP contribution in [0.4, 0.5) is 4.79 Å². The molecule has 0 bridgehead atoms. The van der Waals surface area contributed by atoms with Crippen LogP contribution in [0, 0.1) is 0 Å². The highest BCUT2D eigenvalue weighted by atomic mass is 16.5. The van der Waals surface area contributed by atoms with Gasteiger partial charge in [-0.05, 0) is 31.5 Å². The second-order valence-electron chi connectivity index (χ2n) is 4.60. The lowest BCUT2D eigenvalue weighted by molar-refractivity contribution is 0.160. The number of hydrogen-bond acceptors (Lipinski definition) is 3. The molecule has 0 fully saturated rings. The summed E-state index contributed by atoms with van der Waals surface area (Å²) in [5, 5.41) is 2.95. The highest BCUT2D eigenvalue weighted by Crippen LogP contribution is 2.31. The molecular weight excluding hydrogens is 256 g/mol. The van der Waals surface area contributed by atoms with Crippen LogP contribution in [0.2, 0.25) is 0 Å². The molecular formula is C15H20N2O3. The van der Waals surface area contributed by atoms with E-state index in [1.54, 1.807) is 19.1 Å². The van der Waals surface area contributed by atoms with Crippen molar-refractivity contribution >= 4 is 6.03 Å². The van der Waals surface area contributed by atoms with E-state index in [1.807, 2.05) is 38.1 Å². The standard InChI is InChI=1S/C15H20N2O3/c1-5-20-14-10(2)17(3)15(18)16-13(14)11-7-6-8-12(9-11)19-4/h6-9,13H,5H2,1-4H3,(H,16,18). The normalized spacial score (nSPS) is 18.9. The van der Waals surface area contributed by atoms with Crippen LogP contribution < -0.4 is 10.1 Å². The molecule has 0 saturated carbocycles. The second-order valence-corrected chi connectivity index (χ2v) is 4.60. The first-order valence-electron chi connectivity index (χ1n) is 6.60. The molecule has 108 valence electrons. The van der Waals surface area contributed by atoms with Crippen molar-refractivity contribution in [3.05, 3.63) is 41.3 Å². The van der Waals surface area contributed by atoms with E-state index in [0.717, 1.165) is 22.8 Å². The summed E-state index contributed by atoms with van der Waals surface area (Å²) in [4.78, 5) is 13.5. The van der Waals surface area contributed by atoms with Crippen LogP contribution in [0.25, 0.3) is 0 Å². The van der Waals surface area contributed by atoms with E-state index in [4.69, 9.17) is 9.47 Å². The average molecular weight is 276 g/mol. The number of amides is 2. The molecule has 1 aliphatic rings. The fourth-order valence-corrected chi connectivity index (χ4v) is 2.21. The number of urea groups is 1. The molecule has 0 saturated heterocycles. The molecule has 20 heavy (non-hydrogen) atoms. The number of allylic oxidation sites excluding steroid dienone is 1. The van der Waals surface area contributed by atoms with Crippen molar-refractivity contribution in [3.63, 3.8) is 0 Å². The van der Waals surface area contributed by atoms with E-state index >= 15 is 0 Å². The maximum Gasteiger partial charge on any atom is 0.322 e. The van der Waals surface area contributed by atoms with Gasteiger partial charge in [0, 0.05) is 7.05 Å². The Morgan fingerprint density at radius 3 is 2.80 bits per heavy atom. The third-order valence-corrected chi connectivity index (χ3v) is 3.42. The number of ether oxygens (including phenoxy) is 2. The van der Waals surface area contributed by atoms with E-state index in [1.165, 1.54) is 0 Å². The van der Waals surface area contributed by atoms with Crippen molar-refractivity contribution in [3.8, 4) is 5.75 Å². The Morgan fingerprint density at radius 2 is 2.15 bits per heavy atom. The molecule has 0 spiro atoms. The molecule has 1 unspecified atom stereocenters. The van der Waals surface area contributed by atoms with Gasteiger partial charge in [0.15, 0.2) is 0 Å². The molecule has 1 aliphatic heterocycles. The first kappa shape index (κ1) is 14.2. The molecule has 5 heteroatoms. The summed E-state index contributed by atoms with van der Waals surface area (Å²) < 4.78 is 11.0. The zero-order valence-corrected chi connectivity index (χ0v) is 12.3. The van der Waals surface area contributed by atoms with Crippen molar-refractivity contribution in [2.75, 3.05) is 20.8 Å². The van der Waals surface area contributed by atoms with Crippen LogP contribution in [0.15, 0.2) is 35.7 Å². The maximum atomic E-state index is 12.0. The van der Waals surface area contributed by atoms with E-state index in [2.05, 4.69) is 5.32 Å². The van der Waals surface area contributed by atoms with Gasteiger partial charge < -0.3 is 14.8 Å². The quantitative estimate of drug-likeness (QED) is 0.919. The third kappa shape index (κ3) is 2.57. The number of carbonyl (C=O) groups is 1. The van der Waals surface area contributed by atoms with Crippen LogP contribution in [0.1, 0.15) is 25.5 Å². The van der Waals surface area contributed by atoms with Gasteiger partial charge in [0.2, 0.25) is 0 Å². The molecule has 0 aliphatic carbocycles. The maximum absolute atomic E-state index is 12.0. The fourth-order valence-electron chi connectivity index (χ4n) is 2.21. The lowest BCUT2D eigenvalue weighted by Gasteiger charge is -2.33. The minimum absolute atomic E-state index is 0.140. The van der Waals surface area contributed by atoms with Crippen molar-refractivity contribution in [1.82, 2.24) is 10.2 Å². The molecule has 1 atom stereocenters. The minimum Gasteiger partial charge on any atom is -0.497 e. The number of hydrogen-bond donors (Lipinski definition) is 1. The van der Waals surface area contributed by atoms with Crippen molar-refractivity contribution in [1.29, 1.82) is 0 Å². The van der Waals surface area contributed by atoms with Crippen LogP contribution in [-0.2, 0) is 4.74 Å². The topological polar surface area (TPSA) is 50.8 Å². The van der Waals surface area contributed by atoms with Gasteiger partial charge in [-0.2, -0.15) is 0 Å². The van der Waals surface area contributed by atoms with E-state index < -0.39 is 0 Å². The summed E-state index contributed by atoms with van der Waals surface area (Å²) in [6.07, 6.45) is 0. The van der Waals surface area contributed by atoms with Crippen molar-refractivity contribution in [2.45, 2.75) is 19.9 Å². The Morgan fingerprint density at radius 1 is 1.40 bits per heavy atom. The van der Waals surface area contributed by atoms with Crippen molar-refractivity contribution in [2.24, 2.45) is 0 Å². The summed E-state index contributed by atoms with van der Waals surface area (Å²) in [5.74, 6) is 1.52. The lowest BCUT2D eigenvalue weighted by atomic mass is 10.0. The predicted molar refractivity (Wildman–Crippen MR) is 76.4 cm³/mol. The highest BCUT2D eigenvalue weighted by Gasteiger charge is 2.31. The summed E-state index contributed by atoms with van der Waals surface area (Å²) in [6.45, 7) is 4.37. The van der Waals surface area contributed by atoms with Gasteiger partial charge in [-0.1, -0.05) is 12.1 Å². The molecule has 5 nitrogen and oxygen atoms in total. The van der Waals surface area contributed by atoms with Gasteiger partial charge in [-0.3, -0.25) is 4.90 Å². The number of carbonyl (C=O) groups excluding carboxylic acids is 1. The van der Waals surface area contributed by atoms with E-state index in [9.17, 15) is 4.79 Å². The third-order valence-electron chi connectivity index (χ3n) is 3.42. The number of methoxy groups -OCH3 is 1. The SMILES string of the molecule is CCOC1=C(C)N(C)C(=O)NC1c1cccc(OC)c1. The van der Waals surface area contributed by atoms with Crippen LogP contribution in [0.5, 0.6) is 5.75 Å². The highest BCUT2D eigenvalue weighted by molar-refractivity contribution is 5.78. The average Bonchev–Trinajstić information content (AvgIpc) is 2.47. The largest absolute Gasteiger partial charge is 0.497 e. The van der Waals surface area contributed by atoms with Gasteiger partial charge in [0.05, 0.1) is 19.4 Å². The zero-order chi connectivity index (χ0) is 14.7. The Bertz CT molecular complexity index is 540. The molecule has 1 aromatic rings. The summed E-state index contributed by atoms with van der Waals surface area (Å²) in [6, 6.07) is 7.20. The molecule has 0 radical (unpaired) electrons. The lowest BCUT2D eigenvalue weighted by Crippen LogP contribution is -2.45. The van der Waals surface area contributed by atoms with Gasteiger partial charge >= 0.3 is 6.03 Å². The monoisotopic (exact) mass is 276 g/mol. The Kier molecular flexibility index (Phi) is 4.17. The predicted octanol–water partition coefficient (Wildman–Crippen LogP) is 2.66. The second kappa shape index (κ2) is 5.86. The zero-order valence-electron chi connectivity index (χ0n) is 12.3. The molecule has 2 rings (SSSR count). The molecule has 0 aromatic heterocycles. The van der Waals surface area contributed by atoms with E-state index in [0.29, 0.717) is 6.61 Å². The first-order chi connectivity index (χ1) is 9.58. The van der Waals surface area contributed by atoms with Crippen LogP contribution in [-0.4, -0.2) is 31.7 Å². The first-order valence-corrected chi connectivity index (χ1v) is 6.60. The van der Waals surface area contributed by atoms with Crippen LogP contribution >= 0.6 is 0 Å². The smallest absolute Gasteiger partial charge is 0.322 e. The molecule has 2 amide bonds. The summed E-state index contributed by atoms with van der Waals surface area (Å²) in [7, 11) is 3.35. The van der Waals surface area contributed by atoms with Crippen LogP contribution in [0.3, 0.4) is 0 Å². The fraction of sp³-hybridized carbons (Fsp3) is 0.400. The Balaban J connectivity index is 2.44. The number of nitrogens with zero attached hydrogens (tertiary/aromatic N) is 1. The van der Waals surface area contributed by atoms with E-state index in [-0.39, 0.29) is 12.1 Å². The van der Waals surface area contributed by atoms with Crippen molar-refractivity contribution < 1.29 is 14.3 Å².